The summed E-state index contributed by atoms with van der Waals surface area (Å²) in [5.74, 6) is -0.179. The van der Waals surface area contributed by atoms with Gasteiger partial charge in [0.1, 0.15) is 5.82 Å². The van der Waals surface area contributed by atoms with Crippen molar-refractivity contribution in [3.8, 4) is 0 Å². The Kier molecular flexibility index (Phi) is 5.85. The quantitative estimate of drug-likeness (QED) is 0.827. The molecular formula is C19H28FN3O. The minimum atomic E-state index is -0.247. The Bertz CT molecular complexity index is 551. The first-order chi connectivity index (χ1) is 11.6. The summed E-state index contributed by atoms with van der Waals surface area (Å²) in [7, 11) is 1.76. The largest absolute Gasteiger partial charge is 0.340 e. The second-order valence-electron chi connectivity index (χ2n) is 7.09. The van der Waals surface area contributed by atoms with Crippen LogP contribution < -0.4 is 0 Å². The first-order valence-electron chi connectivity index (χ1n) is 9.07. The maximum absolute atomic E-state index is 13.7. The van der Waals surface area contributed by atoms with Gasteiger partial charge in [-0.25, -0.2) is 4.39 Å². The Morgan fingerprint density at radius 2 is 1.83 bits per heavy atom. The van der Waals surface area contributed by atoms with E-state index in [0.29, 0.717) is 24.7 Å². The molecule has 0 N–H and O–H groups in total. The van der Waals surface area contributed by atoms with E-state index in [1.54, 1.807) is 30.1 Å². The summed E-state index contributed by atoms with van der Waals surface area (Å²) in [6.07, 6.45) is 4.98. The molecule has 5 heteroatoms. The van der Waals surface area contributed by atoms with Crippen LogP contribution >= 0.6 is 0 Å². The van der Waals surface area contributed by atoms with Gasteiger partial charge >= 0.3 is 0 Å². The first-order valence-corrected chi connectivity index (χ1v) is 9.07. The minimum absolute atomic E-state index is 0.0675. The van der Waals surface area contributed by atoms with Crippen LogP contribution in [0.15, 0.2) is 24.3 Å². The summed E-state index contributed by atoms with van der Waals surface area (Å²) < 4.78 is 13.7. The molecule has 0 spiro atoms. The number of likely N-dealkylation sites (tertiary alicyclic amines) is 2. The first kappa shape index (κ1) is 17.4. The third kappa shape index (κ3) is 4.33. The van der Waals surface area contributed by atoms with Gasteiger partial charge in [0.25, 0.3) is 0 Å². The number of amides is 1. The smallest absolute Gasteiger partial charge is 0.236 e. The molecule has 4 nitrogen and oxygen atoms in total. The van der Waals surface area contributed by atoms with Gasteiger partial charge in [0.15, 0.2) is 0 Å². The summed E-state index contributed by atoms with van der Waals surface area (Å²) in [5.41, 5.74) is 0.570. The molecule has 0 unspecified atom stereocenters. The van der Waals surface area contributed by atoms with Crippen molar-refractivity contribution in [3.63, 3.8) is 0 Å². The highest BCUT2D eigenvalue weighted by atomic mass is 19.1. The van der Waals surface area contributed by atoms with Crippen LogP contribution in [0, 0.1) is 5.82 Å². The van der Waals surface area contributed by atoms with Crippen LogP contribution in [-0.2, 0) is 11.3 Å². The van der Waals surface area contributed by atoms with Crippen molar-refractivity contribution >= 4 is 5.91 Å². The molecule has 0 radical (unpaired) electrons. The number of nitrogens with zero attached hydrogens (tertiary/aromatic N) is 3. The van der Waals surface area contributed by atoms with E-state index in [1.165, 1.54) is 32.0 Å². The molecule has 0 atom stereocenters. The van der Waals surface area contributed by atoms with Gasteiger partial charge in [0.2, 0.25) is 5.91 Å². The Balaban J connectivity index is 1.44. The van der Waals surface area contributed by atoms with Crippen LogP contribution in [0.3, 0.4) is 0 Å². The molecule has 0 aromatic heterocycles. The lowest BCUT2D eigenvalue weighted by Crippen LogP contribution is -2.47. The molecule has 24 heavy (non-hydrogen) atoms. The maximum atomic E-state index is 13.7. The fourth-order valence-electron chi connectivity index (χ4n) is 3.83. The third-order valence-corrected chi connectivity index (χ3v) is 5.36. The van der Waals surface area contributed by atoms with E-state index in [4.69, 9.17) is 0 Å². The molecule has 0 bridgehead atoms. The van der Waals surface area contributed by atoms with Crippen molar-refractivity contribution in [3.05, 3.63) is 35.6 Å². The van der Waals surface area contributed by atoms with Crippen molar-refractivity contribution in [2.45, 2.75) is 38.3 Å². The Labute approximate surface area is 144 Å². The third-order valence-electron chi connectivity index (χ3n) is 5.36. The number of carbonyl (C=O) groups excluding carboxylic acids is 1. The molecule has 2 aliphatic heterocycles. The molecule has 3 rings (SSSR count). The van der Waals surface area contributed by atoms with Crippen molar-refractivity contribution < 1.29 is 9.18 Å². The molecule has 1 aromatic carbocycles. The zero-order chi connectivity index (χ0) is 16.9. The monoisotopic (exact) mass is 333 g/mol. The van der Waals surface area contributed by atoms with Gasteiger partial charge in [-0.15, -0.1) is 0 Å². The standard InChI is InChI=1S/C19H28FN3O/c1-21(14-16-6-2-3-7-18(16)20)19(24)15-22-12-8-17(9-13-22)23-10-4-5-11-23/h2-3,6-7,17H,4-5,8-15H2,1H3. The molecule has 0 saturated carbocycles. The number of piperidine rings is 1. The van der Waals surface area contributed by atoms with E-state index >= 15 is 0 Å². The zero-order valence-electron chi connectivity index (χ0n) is 14.6. The van der Waals surface area contributed by atoms with Crippen LogP contribution in [0.4, 0.5) is 4.39 Å². The highest BCUT2D eigenvalue weighted by Crippen LogP contribution is 2.21. The lowest BCUT2D eigenvalue weighted by Gasteiger charge is -2.36. The SMILES string of the molecule is CN(Cc1ccccc1F)C(=O)CN1CCC(N2CCCC2)CC1. The highest BCUT2D eigenvalue weighted by Gasteiger charge is 2.27. The van der Waals surface area contributed by atoms with Crippen LogP contribution in [-0.4, -0.2) is 66.4 Å². The number of carbonyl (C=O) groups is 1. The molecule has 1 amide bonds. The second-order valence-corrected chi connectivity index (χ2v) is 7.09. The fraction of sp³-hybridized carbons (Fsp3) is 0.632. The molecule has 2 heterocycles. The lowest BCUT2D eigenvalue weighted by atomic mass is 10.0. The summed E-state index contributed by atoms with van der Waals surface area (Å²) >= 11 is 0. The zero-order valence-corrected chi connectivity index (χ0v) is 14.6. The maximum Gasteiger partial charge on any atom is 0.236 e. The minimum Gasteiger partial charge on any atom is -0.340 e. The van der Waals surface area contributed by atoms with Gasteiger partial charge in [-0.3, -0.25) is 9.69 Å². The van der Waals surface area contributed by atoms with Crippen LogP contribution in [0.5, 0.6) is 0 Å². The van der Waals surface area contributed by atoms with Crippen molar-refractivity contribution in [2.24, 2.45) is 0 Å². The second kappa shape index (κ2) is 8.08. The van der Waals surface area contributed by atoms with Gasteiger partial charge in [-0.05, 0) is 44.8 Å². The van der Waals surface area contributed by atoms with E-state index in [-0.39, 0.29) is 11.7 Å². The predicted octanol–water partition coefficient (Wildman–Crippen LogP) is 2.34. The Morgan fingerprint density at radius 3 is 2.50 bits per heavy atom. The summed E-state index contributed by atoms with van der Waals surface area (Å²) in [4.78, 5) is 18.9. The Hall–Kier alpha value is -1.46. The summed E-state index contributed by atoms with van der Waals surface area (Å²) in [6, 6.07) is 7.36. The molecular weight excluding hydrogens is 305 g/mol. The Morgan fingerprint density at radius 1 is 1.17 bits per heavy atom. The number of hydrogen-bond acceptors (Lipinski definition) is 3. The fourth-order valence-corrected chi connectivity index (χ4v) is 3.83. The van der Waals surface area contributed by atoms with Crippen molar-refractivity contribution in [1.82, 2.24) is 14.7 Å². The summed E-state index contributed by atoms with van der Waals surface area (Å²) in [6.45, 7) is 5.23. The van der Waals surface area contributed by atoms with Gasteiger partial charge in [0.05, 0.1) is 6.54 Å². The normalized spacial score (nSPS) is 20.4. The number of benzene rings is 1. The number of likely N-dealkylation sites (N-methyl/N-ethyl adjacent to an activating group) is 1. The van der Waals surface area contributed by atoms with Crippen LogP contribution in [0.2, 0.25) is 0 Å². The van der Waals surface area contributed by atoms with Gasteiger partial charge < -0.3 is 9.80 Å². The van der Waals surface area contributed by atoms with Crippen molar-refractivity contribution in [2.75, 3.05) is 39.8 Å². The topological polar surface area (TPSA) is 26.8 Å². The average molecular weight is 333 g/mol. The summed E-state index contributed by atoms with van der Waals surface area (Å²) in [5, 5.41) is 0. The molecule has 0 aliphatic carbocycles. The van der Waals surface area contributed by atoms with Crippen molar-refractivity contribution in [1.29, 1.82) is 0 Å². The van der Waals surface area contributed by atoms with E-state index in [2.05, 4.69) is 9.80 Å². The van der Waals surface area contributed by atoms with Gasteiger partial charge in [0, 0.05) is 38.3 Å². The molecule has 2 saturated heterocycles. The van der Waals surface area contributed by atoms with Crippen LogP contribution in [0.25, 0.3) is 0 Å². The molecule has 1 aromatic rings. The van der Waals surface area contributed by atoms with E-state index < -0.39 is 0 Å². The molecule has 2 fully saturated rings. The number of halogens is 1. The lowest BCUT2D eigenvalue weighted by molar-refractivity contribution is -0.132. The predicted molar refractivity (Wildman–Crippen MR) is 93.1 cm³/mol. The average Bonchev–Trinajstić information content (AvgIpc) is 3.12. The highest BCUT2D eigenvalue weighted by molar-refractivity contribution is 5.78. The molecule has 2 aliphatic rings. The van der Waals surface area contributed by atoms with Gasteiger partial charge in [-0.2, -0.15) is 0 Å². The molecule has 132 valence electrons. The number of rotatable bonds is 5. The van der Waals surface area contributed by atoms with E-state index in [1.807, 2.05) is 0 Å². The van der Waals surface area contributed by atoms with E-state index in [0.717, 1.165) is 25.9 Å². The van der Waals surface area contributed by atoms with Crippen LogP contribution in [0.1, 0.15) is 31.2 Å². The van der Waals surface area contributed by atoms with Gasteiger partial charge in [-0.1, -0.05) is 18.2 Å². The number of hydrogen-bond donors (Lipinski definition) is 0. The van der Waals surface area contributed by atoms with E-state index in [9.17, 15) is 9.18 Å².